The Morgan fingerprint density at radius 1 is 1.15 bits per heavy atom. The van der Waals surface area contributed by atoms with Gasteiger partial charge in [-0.3, -0.25) is 0 Å². The number of anilines is 1. The summed E-state index contributed by atoms with van der Waals surface area (Å²) in [5, 5.41) is 3.38. The zero-order valence-electron chi connectivity index (χ0n) is 8.12. The largest absolute Gasteiger partial charge is 0.384 e. The Balaban J connectivity index is 2.07. The lowest BCUT2D eigenvalue weighted by Gasteiger charge is -2.04. The van der Waals surface area contributed by atoms with E-state index < -0.39 is 0 Å². The number of hydrogen-bond donors (Lipinski definition) is 1. The van der Waals surface area contributed by atoms with Gasteiger partial charge in [0.1, 0.15) is 0 Å². The van der Waals surface area contributed by atoms with Crippen LogP contribution in [0.15, 0.2) is 30.3 Å². The summed E-state index contributed by atoms with van der Waals surface area (Å²) in [4.78, 5) is 0. The third-order valence-corrected chi connectivity index (χ3v) is 2.89. The lowest BCUT2D eigenvalue weighted by Crippen LogP contribution is -2.03. The minimum absolute atomic E-state index is 1.06. The van der Waals surface area contributed by atoms with Gasteiger partial charge in [-0.1, -0.05) is 25.1 Å². The summed E-state index contributed by atoms with van der Waals surface area (Å²) in [6.07, 6.45) is 1.27. The predicted molar refractivity (Wildman–Crippen MR) is 62.5 cm³/mol. The van der Waals surface area contributed by atoms with E-state index in [1.54, 1.807) is 0 Å². The van der Waals surface area contributed by atoms with Crippen molar-refractivity contribution in [3.63, 3.8) is 0 Å². The highest BCUT2D eigenvalue weighted by molar-refractivity contribution is 7.99. The molecule has 1 aromatic rings. The van der Waals surface area contributed by atoms with Crippen LogP contribution < -0.4 is 5.32 Å². The van der Waals surface area contributed by atoms with Crippen molar-refractivity contribution in [3.05, 3.63) is 30.3 Å². The molecule has 0 atom stereocenters. The van der Waals surface area contributed by atoms with Crippen LogP contribution >= 0.6 is 11.8 Å². The Bertz CT molecular complexity index is 211. The zero-order valence-corrected chi connectivity index (χ0v) is 8.94. The van der Waals surface area contributed by atoms with E-state index in [1.165, 1.54) is 23.6 Å². The fourth-order valence-electron chi connectivity index (χ4n) is 1.07. The van der Waals surface area contributed by atoms with Crippen molar-refractivity contribution in [2.75, 3.05) is 23.4 Å². The maximum Gasteiger partial charge on any atom is 0.0340 e. The summed E-state index contributed by atoms with van der Waals surface area (Å²) >= 11 is 2.01. The molecule has 0 spiro atoms. The van der Waals surface area contributed by atoms with Gasteiger partial charge in [-0.2, -0.15) is 11.8 Å². The molecule has 72 valence electrons. The molecular weight excluding hydrogens is 178 g/mol. The molecule has 0 bridgehead atoms. The number of para-hydroxylation sites is 1. The maximum absolute atomic E-state index is 3.38. The summed E-state index contributed by atoms with van der Waals surface area (Å²) in [5.74, 6) is 2.47. The van der Waals surface area contributed by atoms with Gasteiger partial charge in [-0.15, -0.1) is 0 Å². The number of rotatable bonds is 6. The van der Waals surface area contributed by atoms with E-state index in [0.717, 1.165) is 6.54 Å². The quantitative estimate of drug-likeness (QED) is 0.699. The predicted octanol–water partition coefficient (Wildman–Crippen LogP) is 3.24. The molecule has 1 N–H and O–H groups in total. The van der Waals surface area contributed by atoms with E-state index >= 15 is 0 Å². The first-order valence-electron chi connectivity index (χ1n) is 4.80. The van der Waals surface area contributed by atoms with E-state index in [4.69, 9.17) is 0 Å². The Morgan fingerprint density at radius 3 is 2.62 bits per heavy atom. The molecule has 0 saturated carbocycles. The average molecular weight is 195 g/mol. The molecule has 1 rings (SSSR count). The molecule has 1 aromatic carbocycles. The first kappa shape index (κ1) is 10.5. The van der Waals surface area contributed by atoms with Crippen LogP contribution in [0.2, 0.25) is 0 Å². The topological polar surface area (TPSA) is 12.0 Å². The van der Waals surface area contributed by atoms with Gasteiger partial charge in [0.15, 0.2) is 0 Å². The molecule has 0 radical (unpaired) electrons. The highest BCUT2D eigenvalue weighted by atomic mass is 32.2. The minimum Gasteiger partial charge on any atom is -0.384 e. The van der Waals surface area contributed by atoms with E-state index in [0.29, 0.717) is 0 Å². The second-order valence-electron chi connectivity index (χ2n) is 2.91. The van der Waals surface area contributed by atoms with Crippen molar-refractivity contribution in [3.8, 4) is 0 Å². The van der Waals surface area contributed by atoms with Gasteiger partial charge in [0.2, 0.25) is 0 Å². The van der Waals surface area contributed by atoms with E-state index in [9.17, 15) is 0 Å². The molecule has 13 heavy (non-hydrogen) atoms. The average Bonchev–Trinajstić information content (AvgIpc) is 2.19. The van der Waals surface area contributed by atoms with Crippen LogP contribution in [-0.2, 0) is 0 Å². The maximum atomic E-state index is 3.38. The van der Waals surface area contributed by atoms with Crippen LogP contribution in [0.1, 0.15) is 13.3 Å². The monoisotopic (exact) mass is 195 g/mol. The normalized spacial score (nSPS) is 9.92. The van der Waals surface area contributed by atoms with Gasteiger partial charge >= 0.3 is 0 Å². The standard InChI is InChI=1S/C11H17NS/c1-2-9-13-10-8-12-11-6-4-3-5-7-11/h3-7,12H,2,8-10H2,1H3. The first-order valence-corrected chi connectivity index (χ1v) is 5.95. The molecule has 0 aliphatic rings. The molecule has 0 saturated heterocycles. The van der Waals surface area contributed by atoms with E-state index in [2.05, 4.69) is 36.5 Å². The fraction of sp³-hybridized carbons (Fsp3) is 0.455. The third kappa shape index (κ3) is 4.83. The van der Waals surface area contributed by atoms with Crippen molar-refractivity contribution >= 4 is 17.4 Å². The van der Waals surface area contributed by atoms with Crippen LogP contribution in [0.3, 0.4) is 0 Å². The van der Waals surface area contributed by atoms with E-state index in [-0.39, 0.29) is 0 Å². The Hall–Kier alpha value is -0.630. The molecular formula is C11H17NS. The molecule has 0 fully saturated rings. The Labute approximate surface area is 84.9 Å². The minimum atomic E-state index is 1.06. The second kappa shape index (κ2) is 6.84. The van der Waals surface area contributed by atoms with Crippen LogP contribution in [-0.4, -0.2) is 18.1 Å². The highest BCUT2D eigenvalue weighted by Crippen LogP contribution is 2.06. The summed E-state index contributed by atoms with van der Waals surface area (Å²) in [6, 6.07) is 10.4. The van der Waals surface area contributed by atoms with Gasteiger partial charge in [0.05, 0.1) is 0 Å². The lowest BCUT2D eigenvalue weighted by molar-refractivity contribution is 1.10. The van der Waals surface area contributed by atoms with Crippen LogP contribution in [0.4, 0.5) is 5.69 Å². The number of hydrogen-bond acceptors (Lipinski definition) is 2. The molecule has 1 nitrogen and oxygen atoms in total. The Kier molecular flexibility index (Phi) is 5.50. The molecule has 0 unspecified atom stereocenters. The molecule has 0 heterocycles. The fourth-order valence-corrected chi connectivity index (χ4v) is 1.81. The van der Waals surface area contributed by atoms with Crippen molar-refractivity contribution in [2.24, 2.45) is 0 Å². The second-order valence-corrected chi connectivity index (χ2v) is 4.13. The van der Waals surface area contributed by atoms with Gasteiger partial charge in [0, 0.05) is 18.0 Å². The van der Waals surface area contributed by atoms with Crippen molar-refractivity contribution < 1.29 is 0 Å². The molecule has 0 aliphatic carbocycles. The SMILES string of the molecule is CCCSCCNc1ccccc1. The van der Waals surface area contributed by atoms with Crippen LogP contribution in [0.25, 0.3) is 0 Å². The number of thioether (sulfide) groups is 1. The molecule has 0 aromatic heterocycles. The lowest BCUT2D eigenvalue weighted by atomic mass is 10.3. The van der Waals surface area contributed by atoms with Gasteiger partial charge < -0.3 is 5.32 Å². The van der Waals surface area contributed by atoms with E-state index in [1.807, 2.05) is 17.8 Å². The Morgan fingerprint density at radius 2 is 1.92 bits per heavy atom. The van der Waals surface area contributed by atoms with Gasteiger partial charge in [-0.25, -0.2) is 0 Å². The zero-order chi connectivity index (χ0) is 9.36. The summed E-state index contributed by atoms with van der Waals surface area (Å²) in [7, 11) is 0. The number of benzene rings is 1. The number of nitrogens with one attached hydrogen (secondary N) is 1. The summed E-state index contributed by atoms with van der Waals surface area (Å²) < 4.78 is 0. The molecule has 2 heteroatoms. The summed E-state index contributed by atoms with van der Waals surface area (Å²) in [5.41, 5.74) is 1.22. The van der Waals surface area contributed by atoms with Crippen LogP contribution in [0.5, 0.6) is 0 Å². The molecule has 0 aliphatic heterocycles. The smallest absolute Gasteiger partial charge is 0.0340 e. The first-order chi connectivity index (χ1) is 6.43. The third-order valence-electron chi connectivity index (χ3n) is 1.70. The van der Waals surface area contributed by atoms with Crippen molar-refractivity contribution in [2.45, 2.75) is 13.3 Å². The van der Waals surface area contributed by atoms with Crippen molar-refractivity contribution in [1.29, 1.82) is 0 Å². The highest BCUT2D eigenvalue weighted by Gasteiger charge is 1.89. The van der Waals surface area contributed by atoms with Crippen LogP contribution in [0, 0.1) is 0 Å². The van der Waals surface area contributed by atoms with Gasteiger partial charge in [-0.05, 0) is 24.3 Å². The summed E-state index contributed by atoms with van der Waals surface area (Å²) in [6.45, 7) is 3.28. The van der Waals surface area contributed by atoms with Gasteiger partial charge in [0.25, 0.3) is 0 Å². The molecule has 0 amide bonds. The van der Waals surface area contributed by atoms with Crippen molar-refractivity contribution in [1.82, 2.24) is 0 Å².